The van der Waals surface area contributed by atoms with Gasteiger partial charge in [0.25, 0.3) is 0 Å². The monoisotopic (exact) mass is 378 g/mol. The van der Waals surface area contributed by atoms with Gasteiger partial charge >= 0.3 is 0 Å². The molecule has 0 bridgehead atoms. The van der Waals surface area contributed by atoms with E-state index in [1.54, 1.807) is 23.1 Å². The first-order chi connectivity index (χ1) is 13.4. The summed E-state index contributed by atoms with van der Waals surface area (Å²) in [5.41, 5.74) is 4.65. The highest BCUT2D eigenvalue weighted by Crippen LogP contribution is 2.40. The van der Waals surface area contributed by atoms with Crippen LogP contribution in [0.2, 0.25) is 0 Å². The number of hydrogen-bond acceptors (Lipinski definition) is 5. The summed E-state index contributed by atoms with van der Waals surface area (Å²) in [6.07, 6.45) is 4.78. The third kappa shape index (κ3) is 2.60. The molecular weight excluding hydrogens is 359 g/mol. The van der Waals surface area contributed by atoms with Crippen molar-refractivity contribution in [1.82, 2.24) is 29.5 Å². The van der Waals surface area contributed by atoms with Gasteiger partial charge in [0, 0.05) is 29.8 Å². The molecule has 5 heterocycles. The average Bonchev–Trinajstić information content (AvgIpc) is 3.22. The van der Waals surface area contributed by atoms with Crippen molar-refractivity contribution in [1.29, 1.82) is 0 Å². The normalized spacial score (nSPS) is 15.7. The molecule has 28 heavy (non-hydrogen) atoms. The van der Waals surface area contributed by atoms with Crippen LogP contribution in [0.4, 0.5) is 4.39 Å². The van der Waals surface area contributed by atoms with Crippen LogP contribution in [0.15, 0.2) is 36.8 Å². The third-order valence-electron chi connectivity index (χ3n) is 5.06. The summed E-state index contributed by atoms with van der Waals surface area (Å²) in [6.45, 7) is 5.14. The third-order valence-corrected chi connectivity index (χ3v) is 5.06. The van der Waals surface area contributed by atoms with Gasteiger partial charge in [-0.25, -0.2) is 9.37 Å². The molecule has 0 fully saturated rings. The molecule has 0 spiro atoms. The van der Waals surface area contributed by atoms with Gasteiger partial charge in [0.05, 0.1) is 42.5 Å². The zero-order chi connectivity index (χ0) is 19.5. The van der Waals surface area contributed by atoms with E-state index >= 15 is 0 Å². The molecule has 0 saturated heterocycles. The molecule has 0 aromatic carbocycles. The van der Waals surface area contributed by atoms with Gasteiger partial charge in [-0.05, 0) is 32.0 Å². The molecule has 7 nitrogen and oxygen atoms in total. The molecule has 0 aliphatic carbocycles. The molecule has 4 aromatic heterocycles. The largest absolute Gasteiger partial charge is 0.367 e. The first kappa shape index (κ1) is 17.0. The average molecular weight is 378 g/mol. The second kappa shape index (κ2) is 5.93. The number of pyridine rings is 2. The van der Waals surface area contributed by atoms with Crippen LogP contribution in [0, 0.1) is 5.82 Å². The van der Waals surface area contributed by atoms with Gasteiger partial charge in [0.1, 0.15) is 11.5 Å². The Morgan fingerprint density at radius 1 is 1.14 bits per heavy atom. The Hall–Kier alpha value is -3.13. The molecule has 8 heteroatoms. The number of ether oxygens (including phenoxy) is 1. The highest BCUT2D eigenvalue weighted by Gasteiger charge is 2.32. The first-order valence-electron chi connectivity index (χ1n) is 9.06. The van der Waals surface area contributed by atoms with E-state index in [-0.39, 0.29) is 11.4 Å². The van der Waals surface area contributed by atoms with Crippen molar-refractivity contribution in [3.8, 4) is 22.5 Å². The van der Waals surface area contributed by atoms with Crippen LogP contribution in [-0.2, 0) is 24.9 Å². The molecule has 142 valence electrons. The van der Waals surface area contributed by atoms with E-state index in [2.05, 4.69) is 15.1 Å². The molecule has 1 aliphatic heterocycles. The number of rotatable bonds is 2. The Kier molecular flexibility index (Phi) is 3.60. The second-order valence-electron chi connectivity index (χ2n) is 7.60. The van der Waals surface area contributed by atoms with E-state index in [0.29, 0.717) is 24.5 Å². The van der Waals surface area contributed by atoms with E-state index < -0.39 is 0 Å². The number of aromatic nitrogens is 6. The highest BCUT2D eigenvalue weighted by molar-refractivity contribution is 5.97. The number of nitrogens with zero attached hydrogens (tertiary/aromatic N) is 6. The van der Waals surface area contributed by atoms with Crippen LogP contribution < -0.4 is 0 Å². The summed E-state index contributed by atoms with van der Waals surface area (Å²) in [7, 11) is 1.86. The zero-order valence-corrected chi connectivity index (χ0v) is 15.8. The van der Waals surface area contributed by atoms with Gasteiger partial charge in [0.15, 0.2) is 5.65 Å². The standard InChI is InChI=1S/C20H19FN6O/c1-20(2)11-27-16(10-28-20)17(18(25-27)15-5-4-12(21)8-23-15)13-6-7-22-19-14(13)9-24-26(19)3/h4-9H,10-11H2,1-3H3. The lowest BCUT2D eigenvalue weighted by Gasteiger charge is -2.31. The Balaban J connectivity index is 1.80. The maximum absolute atomic E-state index is 13.4. The van der Waals surface area contributed by atoms with Crippen molar-refractivity contribution in [3.05, 3.63) is 48.3 Å². The molecule has 4 aromatic rings. The van der Waals surface area contributed by atoms with Gasteiger partial charge in [-0.2, -0.15) is 10.2 Å². The van der Waals surface area contributed by atoms with E-state index in [1.807, 2.05) is 31.6 Å². The quantitative estimate of drug-likeness (QED) is 0.535. The topological polar surface area (TPSA) is 70.7 Å². The van der Waals surface area contributed by atoms with E-state index in [4.69, 9.17) is 9.84 Å². The summed E-state index contributed by atoms with van der Waals surface area (Å²) in [6, 6.07) is 5.01. The van der Waals surface area contributed by atoms with Gasteiger partial charge in [-0.3, -0.25) is 14.3 Å². The van der Waals surface area contributed by atoms with Crippen molar-refractivity contribution in [2.24, 2.45) is 7.05 Å². The van der Waals surface area contributed by atoms with Crippen LogP contribution in [0.3, 0.4) is 0 Å². The Morgan fingerprint density at radius 3 is 2.79 bits per heavy atom. The zero-order valence-electron chi connectivity index (χ0n) is 15.8. The van der Waals surface area contributed by atoms with Crippen LogP contribution in [0.1, 0.15) is 19.5 Å². The summed E-state index contributed by atoms with van der Waals surface area (Å²) in [4.78, 5) is 8.71. The fourth-order valence-electron chi connectivity index (χ4n) is 3.69. The molecule has 0 N–H and O–H groups in total. The van der Waals surface area contributed by atoms with E-state index in [1.165, 1.54) is 12.3 Å². The van der Waals surface area contributed by atoms with Gasteiger partial charge in [-0.15, -0.1) is 0 Å². The summed E-state index contributed by atoms with van der Waals surface area (Å²) >= 11 is 0. The number of hydrogen-bond donors (Lipinski definition) is 0. The highest BCUT2D eigenvalue weighted by atomic mass is 19.1. The van der Waals surface area contributed by atoms with E-state index in [9.17, 15) is 4.39 Å². The van der Waals surface area contributed by atoms with Gasteiger partial charge in [-0.1, -0.05) is 0 Å². The maximum Gasteiger partial charge on any atom is 0.158 e. The van der Waals surface area contributed by atoms with E-state index in [0.717, 1.165) is 27.9 Å². The van der Waals surface area contributed by atoms with Crippen LogP contribution in [0.25, 0.3) is 33.5 Å². The predicted molar refractivity (Wildman–Crippen MR) is 102 cm³/mol. The molecule has 0 radical (unpaired) electrons. The van der Waals surface area contributed by atoms with Gasteiger partial charge < -0.3 is 4.74 Å². The Labute approximate surface area is 160 Å². The minimum absolute atomic E-state index is 0.314. The smallest absolute Gasteiger partial charge is 0.158 e. The first-order valence-corrected chi connectivity index (χ1v) is 9.06. The lowest BCUT2D eigenvalue weighted by molar-refractivity contribution is -0.0657. The minimum Gasteiger partial charge on any atom is -0.367 e. The number of fused-ring (bicyclic) bond motifs is 2. The molecule has 0 atom stereocenters. The van der Waals surface area contributed by atoms with Gasteiger partial charge in [0.2, 0.25) is 0 Å². The molecular formula is C20H19FN6O. The Morgan fingerprint density at radius 2 is 2.00 bits per heavy atom. The predicted octanol–water partition coefficient (Wildman–Crippen LogP) is 3.34. The second-order valence-corrected chi connectivity index (χ2v) is 7.60. The molecule has 0 saturated carbocycles. The van der Waals surface area contributed by atoms with Crippen LogP contribution >= 0.6 is 0 Å². The Bertz CT molecular complexity index is 1190. The lowest BCUT2D eigenvalue weighted by atomic mass is 9.98. The molecule has 0 unspecified atom stereocenters. The SMILES string of the molecule is Cn1ncc2c(-c3c(-c4ccc(F)cn4)nn4c3COC(C)(C)C4)ccnc21. The van der Waals surface area contributed by atoms with Crippen molar-refractivity contribution in [2.75, 3.05) is 0 Å². The fourth-order valence-corrected chi connectivity index (χ4v) is 3.69. The van der Waals surface area contributed by atoms with Crippen LogP contribution in [0.5, 0.6) is 0 Å². The number of halogens is 1. The van der Waals surface area contributed by atoms with Crippen molar-refractivity contribution in [3.63, 3.8) is 0 Å². The lowest BCUT2D eigenvalue weighted by Crippen LogP contribution is -2.36. The van der Waals surface area contributed by atoms with Crippen molar-refractivity contribution < 1.29 is 9.13 Å². The minimum atomic E-state index is -0.377. The summed E-state index contributed by atoms with van der Waals surface area (Å²) < 4.78 is 23.2. The van der Waals surface area contributed by atoms with Crippen molar-refractivity contribution >= 4 is 11.0 Å². The number of aryl methyl sites for hydroxylation is 1. The summed E-state index contributed by atoms with van der Waals surface area (Å²) in [5.74, 6) is -0.377. The van der Waals surface area contributed by atoms with Crippen molar-refractivity contribution in [2.45, 2.75) is 32.6 Å². The molecule has 5 rings (SSSR count). The fraction of sp³-hybridized carbons (Fsp3) is 0.300. The summed E-state index contributed by atoms with van der Waals surface area (Å²) in [5, 5.41) is 10.1. The molecule has 0 amide bonds. The molecule has 1 aliphatic rings. The maximum atomic E-state index is 13.4. The van der Waals surface area contributed by atoms with Crippen LogP contribution in [-0.4, -0.2) is 35.1 Å².